The Morgan fingerprint density at radius 3 is 2.73 bits per heavy atom. The highest BCUT2D eigenvalue weighted by Gasteiger charge is 2.12. The Hall–Kier alpha value is -1.71. The van der Waals surface area contributed by atoms with E-state index >= 15 is 0 Å². The summed E-state index contributed by atoms with van der Waals surface area (Å²) in [7, 11) is 8.32. The van der Waals surface area contributed by atoms with Gasteiger partial charge in [0.25, 0.3) is 0 Å². The first-order chi connectivity index (χ1) is 7.20. The highest BCUT2D eigenvalue weighted by molar-refractivity contribution is 6.19. The molecule has 1 amide bonds. The molecule has 1 rings (SSSR count). The lowest BCUT2D eigenvalue weighted by Crippen LogP contribution is -2.26. The van der Waals surface area contributed by atoms with E-state index in [4.69, 9.17) is 7.85 Å². The van der Waals surface area contributed by atoms with E-state index in [2.05, 4.69) is 4.74 Å². The summed E-state index contributed by atoms with van der Waals surface area (Å²) < 4.78 is 4.63. The lowest BCUT2D eigenvalue weighted by atomic mass is 10.1. The Morgan fingerprint density at radius 2 is 2.13 bits per heavy atom. The van der Waals surface area contributed by atoms with Crippen LogP contribution in [0.5, 0.6) is 0 Å². The van der Waals surface area contributed by atoms with Gasteiger partial charge in [-0.15, -0.1) is 5.98 Å². The van der Waals surface area contributed by atoms with E-state index in [1.54, 1.807) is 13.1 Å². The maximum Gasteiger partial charge on any atom is 0.413 e. The van der Waals surface area contributed by atoms with Crippen LogP contribution in [0, 0.1) is 0 Å². The van der Waals surface area contributed by atoms with Crippen LogP contribution in [0.1, 0.15) is 5.56 Å². The molecule has 3 nitrogen and oxygen atoms in total. The minimum Gasteiger partial charge on any atom is -0.452 e. The third-order valence-corrected chi connectivity index (χ3v) is 2.02. The lowest BCUT2D eigenvalue weighted by molar-refractivity contribution is 0.180. The monoisotopic (exact) mass is 201 g/mol. The number of para-hydroxylation sites is 1. The molecular formula is C11H12BNO2. The van der Waals surface area contributed by atoms with E-state index in [1.165, 1.54) is 18.0 Å². The van der Waals surface area contributed by atoms with Crippen LogP contribution in [0.3, 0.4) is 0 Å². The van der Waals surface area contributed by atoms with Crippen molar-refractivity contribution in [3.8, 4) is 0 Å². The lowest BCUT2D eigenvalue weighted by Gasteiger charge is -2.17. The topological polar surface area (TPSA) is 29.5 Å². The smallest absolute Gasteiger partial charge is 0.413 e. The average molecular weight is 201 g/mol. The maximum atomic E-state index is 11.3. The molecule has 0 aromatic heterocycles. The van der Waals surface area contributed by atoms with Crippen LogP contribution < -0.4 is 4.90 Å². The summed E-state index contributed by atoms with van der Waals surface area (Å²) in [5.74, 6) is 1.43. The molecule has 0 aliphatic carbocycles. The third kappa shape index (κ3) is 2.62. The molecule has 0 aliphatic rings. The molecule has 0 heterocycles. The highest BCUT2D eigenvalue weighted by atomic mass is 16.5. The predicted octanol–water partition coefficient (Wildman–Crippen LogP) is 2.03. The van der Waals surface area contributed by atoms with Crippen LogP contribution in [-0.2, 0) is 4.74 Å². The fourth-order valence-electron chi connectivity index (χ4n) is 1.27. The summed E-state index contributed by atoms with van der Waals surface area (Å²) >= 11 is 0. The Labute approximate surface area is 90.8 Å². The number of amides is 1. The number of rotatable bonds is 2. The second-order valence-electron chi connectivity index (χ2n) is 2.95. The van der Waals surface area contributed by atoms with Crippen molar-refractivity contribution in [2.45, 2.75) is 0 Å². The molecule has 0 aliphatic heterocycles. The molecule has 76 valence electrons. The molecule has 0 bridgehead atoms. The van der Waals surface area contributed by atoms with E-state index in [0.717, 1.165) is 11.3 Å². The summed E-state index contributed by atoms with van der Waals surface area (Å²) in [6.07, 6.45) is 1.32. The van der Waals surface area contributed by atoms with E-state index in [1.807, 2.05) is 24.3 Å². The molecule has 1 aromatic carbocycles. The van der Waals surface area contributed by atoms with Crippen molar-refractivity contribution < 1.29 is 9.53 Å². The number of ether oxygens (including phenoxy) is 1. The van der Waals surface area contributed by atoms with Crippen molar-refractivity contribution in [1.82, 2.24) is 0 Å². The van der Waals surface area contributed by atoms with E-state index in [9.17, 15) is 4.79 Å². The predicted molar refractivity (Wildman–Crippen MR) is 62.0 cm³/mol. The summed E-state index contributed by atoms with van der Waals surface area (Å²) in [4.78, 5) is 12.7. The van der Waals surface area contributed by atoms with Crippen molar-refractivity contribution in [3.05, 3.63) is 35.8 Å². The highest BCUT2D eigenvalue weighted by Crippen LogP contribution is 2.20. The number of hydrogen-bond acceptors (Lipinski definition) is 2. The number of anilines is 1. The molecule has 1 aromatic rings. The van der Waals surface area contributed by atoms with Crippen molar-refractivity contribution in [2.75, 3.05) is 19.1 Å². The van der Waals surface area contributed by atoms with Crippen LogP contribution in [0.2, 0.25) is 0 Å². The van der Waals surface area contributed by atoms with E-state index in [-0.39, 0.29) is 0 Å². The maximum absolute atomic E-state index is 11.3. The van der Waals surface area contributed by atoms with Crippen LogP contribution in [0.15, 0.2) is 30.2 Å². The number of carbonyl (C=O) groups is 1. The van der Waals surface area contributed by atoms with Gasteiger partial charge in [0.2, 0.25) is 0 Å². The first-order valence-electron chi connectivity index (χ1n) is 4.49. The van der Waals surface area contributed by atoms with Crippen LogP contribution >= 0.6 is 0 Å². The van der Waals surface area contributed by atoms with Gasteiger partial charge in [0.1, 0.15) is 7.85 Å². The SMILES string of the molecule is [B]/C=C/c1ccccc1N(C)C(=O)OC. The molecule has 0 unspecified atom stereocenters. The molecule has 0 saturated heterocycles. The van der Waals surface area contributed by atoms with Crippen LogP contribution in [-0.4, -0.2) is 28.1 Å². The van der Waals surface area contributed by atoms with Crippen molar-refractivity contribution >= 4 is 25.7 Å². The van der Waals surface area contributed by atoms with Gasteiger partial charge in [-0.25, -0.2) is 4.79 Å². The standard InChI is InChI=1S/C11H12BNO2/c1-13(11(14)15-2)10-6-4-3-5-9(10)7-8-12/h3-8H,1-2H3/b8-7+. The normalized spacial score (nSPS) is 10.3. The Bertz CT molecular complexity index is 377. The zero-order chi connectivity index (χ0) is 11.3. The Kier molecular flexibility index (Phi) is 3.97. The van der Waals surface area contributed by atoms with Gasteiger partial charge in [0.05, 0.1) is 12.8 Å². The largest absolute Gasteiger partial charge is 0.452 e. The number of benzene rings is 1. The molecule has 4 heteroatoms. The molecule has 0 fully saturated rings. The molecule has 0 saturated carbocycles. The van der Waals surface area contributed by atoms with Crippen LogP contribution in [0.4, 0.5) is 10.5 Å². The zero-order valence-corrected chi connectivity index (χ0v) is 8.81. The summed E-state index contributed by atoms with van der Waals surface area (Å²) in [5.41, 5.74) is 1.62. The number of hydrogen-bond donors (Lipinski definition) is 0. The van der Waals surface area contributed by atoms with E-state index < -0.39 is 6.09 Å². The van der Waals surface area contributed by atoms with E-state index in [0.29, 0.717) is 0 Å². The molecule has 0 atom stereocenters. The molecule has 0 N–H and O–H groups in total. The average Bonchev–Trinajstić information content (AvgIpc) is 2.28. The fraction of sp³-hybridized carbons (Fsp3) is 0.182. The fourth-order valence-corrected chi connectivity index (χ4v) is 1.27. The second-order valence-corrected chi connectivity index (χ2v) is 2.95. The molecule has 2 radical (unpaired) electrons. The van der Waals surface area contributed by atoms with Gasteiger partial charge in [-0.1, -0.05) is 24.3 Å². The Morgan fingerprint density at radius 1 is 1.47 bits per heavy atom. The quantitative estimate of drug-likeness (QED) is 0.685. The summed E-state index contributed by atoms with van der Waals surface area (Å²) in [6.45, 7) is 0. The summed E-state index contributed by atoms with van der Waals surface area (Å²) in [5, 5.41) is 0. The molecular weight excluding hydrogens is 189 g/mol. The second kappa shape index (κ2) is 5.24. The van der Waals surface area contributed by atoms with Crippen molar-refractivity contribution in [3.63, 3.8) is 0 Å². The van der Waals surface area contributed by atoms with Crippen molar-refractivity contribution in [1.29, 1.82) is 0 Å². The number of carbonyl (C=O) groups excluding carboxylic acids is 1. The van der Waals surface area contributed by atoms with Gasteiger partial charge in [-0.2, -0.15) is 0 Å². The van der Waals surface area contributed by atoms with Gasteiger partial charge in [0.15, 0.2) is 0 Å². The first-order valence-corrected chi connectivity index (χ1v) is 4.49. The Balaban J connectivity index is 3.07. The van der Waals surface area contributed by atoms with Gasteiger partial charge in [-0.3, -0.25) is 4.90 Å². The zero-order valence-electron chi connectivity index (χ0n) is 8.81. The first kappa shape index (κ1) is 11.4. The van der Waals surface area contributed by atoms with Gasteiger partial charge >= 0.3 is 6.09 Å². The third-order valence-electron chi connectivity index (χ3n) is 2.02. The molecule has 0 spiro atoms. The van der Waals surface area contributed by atoms with Gasteiger partial charge in [-0.05, 0) is 11.6 Å². The van der Waals surface area contributed by atoms with Crippen molar-refractivity contribution in [2.24, 2.45) is 0 Å². The van der Waals surface area contributed by atoms with Crippen LogP contribution in [0.25, 0.3) is 6.08 Å². The minimum absolute atomic E-state index is 0.409. The number of nitrogens with zero attached hydrogens (tertiary/aromatic N) is 1. The summed E-state index contributed by atoms with van der Waals surface area (Å²) in [6, 6.07) is 7.43. The van der Waals surface area contributed by atoms with Gasteiger partial charge < -0.3 is 4.74 Å². The van der Waals surface area contributed by atoms with Gasteiger partial charge in [0, 0.05) is 7.05 Å². The molecule has 15 heavy (non-hydrogen) atoms. The minimum atomic E-state index is -0.409. The number of methoxy groups -OCH3 is 1.